The van der Waals surface area contributed by atoms with E-state index < -0.39 is 20.5 Å². The zero-order chi connectivity index (χ0) is 18.0. The van der Waals surface area contributed by atoms with Crippen LogP contribution in [0.1, 0.15) is 13.8 Å². The number of methoxy groups -OCH3 is 1. The van der Waals surface area contributed by atoms with Gasteiger partial charge in [0.25, 0.3) is 0 Å². The number of aromatic nitrogens is 1. The largest absolute Gasteiger partial charge is 0.494 e. The highest BCUT2D eigenvalue weighted by Crippen LogP contribution is 2.29. The molecular formula is C16H17BrN2O4S. The highest BCUT2D eigenvalue weighted by atomic mass is 79.9. The molecule has 1 amide bonds. The van der Waals surface area contributed by atoms with E-state index in [1.807, 2.05) is 0 Å². The van der Waals surface area contributed by atoms with Crippen LogP contribution < -0.4 is 10.1 Å². The van der Waals surface area contributed by atoms with Gasteiger partial charge in [-0.25, -0.2) is 8.42 Å². The molecule has 1 heterocycles. The monoisotopic (exact) mass is 412 g/mol. The molecule has 8 heteroatoms. The van der Waals surface area contributed by atoms with E-state index in [-0.39, 0.29) is 4.90 Å². The molecule has 0 spiro atoms. The van der Waals surface area contributed by atoms with E-state index in [2.05, 4.69) is 26.2 Å². The number of sulfone groups is 1. The van der Waals surface area contributed by atoms with E-state index in [1.54, 1.807) is 18.2 Å². The second-order valence-corrected chi connectivity index (χ2v) is 8.91. The van der Waals surface area contributed by atoms with Crippen LogP contribution in [0.3, 0.4) is 0 Å². The third-order valence-corrected chi connectivity index (χ3v) is 6.54. The van der Waals surface area contributed by atoms with Crippen LogP contribution >= 0.6 is 15.9 Å². The van der Waals surface area contributed by atoms with E-state index in [9.17, 15) is 13.2 Å². The van der Waals surface area contributed by atoms with Crippen LogP contribution in [0.25, 0.3) is 0 Å². The van der Waals surface area contributed by atoms with Crippen molar-refractivity contribution in [2.75, 3.05) is 12.4 Å². The average molecular weight is 413 g/mol. The van der Waals surface area contributed by atoms with Crippen molar-refractivity contribution in [3.63, 3.8) is 0 Å². The molecule has 0 saturated heterocycles. The second-order valence-electron chi connectivity index (χ2n) is 5.50. The minimum Gasteiger partial charge on any atom is -0.494 e. The molecule has 128 valence electrons. The first kappa shape index (κ1) is 18.4. The molecule has 1 aromatic carbocycles. The summed E-state index contributed by atoms with van der Waals surface area (Å²) in [5.74, 6) is -0.271. The van der Waals surface area contributed by atoms with Gasteiger partial charge in [-0.05, 0) is 38.1 Å². The number of hydrogen-bond donors (Lipinski definition) is 1. The fraction of sp³-hybridized carbons (Fsp3) is 0.250. The standard InChI is InChI=1S/C16H17BrN2O4S/c1-16(2,24(21,22)12-6-4-11(17)5-7-12)15(20)19-13-10-18-9-8-14(13)23-3/h4-10H,1-3H3,(H,19,20). The fourth-order valence-electron chi connectivity index (χ4n) is 1.96. The number of carbonyl (C=O) groups excluding carboxylic acids is 1. The second kappa shape index (κ2) is 6.90. The number of hydrogen-bond acceptors (Lipinski definition) is 5. The molecule has 1 N–H and O–H groups in total. The number of benzene rings is 1. The minimum atomic E-state index is -3.89. The Morgan fingerprint density at radius 2 is 1.83 bits per heavy atom. The van der Waals surface area contributed by atoms with Gasteiger partial charge in [-0.1, -0.05) is 15.9 Å². The summed E-state index contributed by atoms with van der Waals surface area (Å²) < 4.78 is 29.9. The van der Waals surface area contributed by atoms with Crippen LogP contribution in [0, 0.1) is 0 Å². The van der Waals surface area contributed by atoms with Crippen LogP contribution in [0.4, 0.5) is 5.69 Å². The molecule has 0 aliphatic carbocycles. The number of amides is 1. The van der Waals surface area contributed by atoms with Crippen LogP contribution in [0.15, 0.2) is 52.1 Å². The Hall–Kier alpha value is -1.93. The van der Waals surface area contributed by atoms with Crippen LogP contribution in [-0.4, -0.2) is 31.2 Å². The zero-order valence-electron chi connectivity index (χ0n) is 13.4. The van der Waals surface area contributed by atoms with E-state index in [0.717, 1.165) is 4.47 Å². The first-order chi connectivity index (χ1) is 11.2. The molecule has 0 aliphatic rings. The summed E-state index contributed by atoms with van der Waals surface area (Å²) in [6.07, 6.45) is 2.91. The van der Waals surface area contributed by atoms with Crippen molar-refractivity contribution in [1.29, 1.82) is 0 Å². The van der Waals surface area contributed by atoms with Crippen molar-refractivity contribution in [2.45, 2.75) is 23.5 Å². The maximum atomic E-state index is 12.8. The Balaban J connectivity index is 2.34. The van der Waals surface area contributed by atoms with Gasteiger partial charge in [0.15, 0.2) is 9.84 Å². The van der Waals surface area contributed by atoms with Gasteiger partial charge in [0.1, 0.15) is 16.2 Å². The van der Waals surface area contributed by atoms with E-state index >= 15 is 0 Å². The molecular weight excluding hydrogens is 396 g/mol. The third kappa shape index (κ3) is 3.44. The molecule has 6 nitrogen and oxygen atoms in total. The highest BCUT2D eigenvalue weighted by Gasteiger charge is 2.43. The molecule has 0 atom stereocenters. The van der Waals surface area contributed by atoms with Gasteiger partial charge >= 0.3 is 0 Å². The van der Waals surface area contributed by atoms with Gasteiger partial charge in [-0.2, -0.15) is 0 Å². The molecule has 0 unspecified atom stereocenters. The lowest BCUT2D eigenvalue weighted by atomic mass is 10.2. The summed E-state index contributed by atoms with van der Waals surface area (Å²) in [6, 6.07) is 7.72. The van der Waals surface area contributed by atoms with Gasteiger partial charge in [0.05, 0.1) is 18.2 Å². The zero-order valence-corrected chi connectivity index (χ0v) is 15.8. The SMILES string of the molecule is COc1ccncc1NC(=O)C(C)(C)S(=O)(=O)c1ccc(Br)cc1. The molecule has 0 saturated carbocycles. The number of pyridine rings is 1. The molecule has 2 aromatic rings. The van der Waals surface area contributed by atoms with Crippen molar-refractivity contribution >= 4 is 37.4 Å². The Kier molecular flexibility index (Phi) is 5.29. The lowest BCUT2D eigenvalue weighted by Crippen LogP contribution is -2.44. The molecule has 0 fully saturated rings. The lowest BCUT2D eigenvalue weighted by molar-refractivity contribution is -0.117. The molecule has 0 aliphatic heterocycles. The molecule has 24 heavy (non-hydrogen) atoms. The lowest BCUT2D eigenvalue weighted by Gasteiger charge is -2.24. The predicted octanol–water partition coefficient (Wildman–Crippen LogP) is 3.04. The van der Waals surface area contributed by atoms with E-state index in [0.29, 0.717) is 11.4 Å². The van der Waals surface area contributed by atoms with Crippen LogP contribution in [0.5, 0.6) is 5.75 Å². The van der Waals surface area contributed by atoms with Crippen molar-refractivity contribution in [2.24, 2.45) is 0 Å². The summed E-state index contributed by atoms with van der Waals surface area (Å²) >= 11 is 3.26. The quantitative estimate of drug-likeness (QED) is 0.815. The van der Waals surface area contributed by atoms with Crippen LogP contribution in [0.2, 0.25) is 0 Å². The van der Waals surface area contributed by atoms with E-state index in [1.165, 1.54) is 45.5 Å². The van der Waals surface area contributed by atoms with Gasteiger partial charge in [0.2, 0.25) is 5.91 Å². The smallest absolute Gasteiger partial charge is 0.245 e. The normalized spacial score (nSPS) is 11.8. The Bertz CT molecular complexity index is 849. The number of halogens is 1. The number of nitrogens with zero attached hydrogens (tertiary/aromatic N) is 1. The van der Waals surface area contributed by atoms with E-state index in [4.69, 9.17) is 4.74 Å². The number of carbonyl (C=O) groups is 1. The van der Waals surface area contributed by atoms with Crippen molar-refractivity contribution in [3.8, 4) is 5.75 Å². The summed E-state index contributed by atoms with van der Waals surface area (Å²) in [7, 11) is -2.44. The summed E-state index contributed by atoms with van der Waals surface area (Å²) in [4.78, 5) is 16.6. The van der Waals surface area contributed by atoms with Crippen molar-refractivity contribution in [1.82, 2.24) is 4.98 Å². The van der Waals surface area contributed by atoms with Crippen molar-refractivity contribution < 1.29 is 17.9 Å². The van der Waals surface area contributed by atoms with Crippen molar-refractivity contribution in [3.05, 3.63) is 47.2 Å². The summed E-state index contributed by atoms with van der Waals surface area (Å²) in [5.41, 5.74) is 0.309. The van der Waals surface area contributed by atoms with Crippen LogP contribution in [-0.2, 0) is 14.6 Å². The number of ether oxygens (including phenoxy) is 1. The molecule has 0 radical (unpaired) electrons. The average Bonchev–Trinajstić information content (AvgIpc) is 2.55. The maximum Gasteiger partial charge on any atom is 0.245 e. The van der Waals surface area contributed by atoms with Gasteiger partial charge in [-0.15, -0.1) is 0 Å². The first-order valence-electron chi connectivity index (χ1n) is 7.00. The van der Waals surface area contributed by atoms with Gasteiger partial charge in [0, 0.05) is 16.7 Å². The first-order valence-corrected chi connectivity index (χ1v) is 9.27. The Morgan fingerprint density at radius 1 is 1.21 bits per heavy atom. The fourth-order valence-corrected chi connectivity index (χ4v) is 3.60. The van der Waals surface area contributed by atoms with Gasteiger partial charge < -0.3 is 10.1 Å². The highest BCUT2D eigenvalue weighted by molar-refractivity contribution is 9.10. The number of rotatable bonds is 5. The summed E-state index contributed by atoms with van der Waals surface area (Å²) in [5, 5.41) is 2.57. The molecule has 0 bridgehead atoms. The van der Waals surface area contributed by atoms with Gasteiger partial charge in [-0.3, -0.25) is 9.78 Å². The topological polar surface area (TPSA) is 85.4 Å². The molecule has 1 aromatic heterocycles. The minimum absolute atomic E-state index is 0.0731. The number of nitrogens with one attached hydrogen (secondary N) is 1. The third-order valence-electron chi connectivity index (χ3n) is 3.59. The maximum absolute atomic E-state index is 12.8. The summed E-state index contributed by atoms with van der Waals surface area (Å²) in [6.45, 7) is 2.73. The predicted molar refractivity (Wildman–Crippen MR) is 94.8 cm³/mol. The Morgan fingerprint density at radius 3 is 2.42 bits per heavy atom. The Labute approximate surface area is 149 Å². The number of anilines is 1. The molecule has 2 rings (SSSR count).